The van der Waals surface area contributed by atoms with Crippen LogP contribution >= 0.6 is 39.9 Å². The quantitative estimate of drug-likeness (QED) is 0.251. The molecule has 0 unspecified atom stereocenters. The normalized spacial score (nSPS) is 14.1. The van der Waals surface area contributed by atoms with Crippen LogP contribution < -0.4 is 10.1 Å². The molecule has 2 rings (SSSR count). The van der Waals surface area contributed by atoms with Crippen molar-refractivity contribution >= 4 is 45.9 Å². The number of methoxy groups -OCH3 is 1. The van der Waals surface area contributed by atoms with Gasteiger partial charge in [0.15, 0.2) is 5.96 Å². The third-order valence-electron chi connectivity index (χ3n) is 3.86. The van der Waals surface area contributed by atoms with Crippen molar-refractivity contribution in [2.75, 3.05) is 41.0 Å². The molecular formula is C17H27BrIN3O2. The van der Waals surface area contributed by atoms with Gasteiger partial charge in [-0.2, -0.15) is 0 Å². The molecule has 0 radical (unpaired) electrons. The Kier molecular flexibility index (Phi) is 9.99. The maximum Gasteiger partial charge on any atom is 0.193 e. The molecule has 7 heteroatoms. The molecule has 0 bridgehead atoms. The molecular weight excluding hydrogens is 485 g/mol. The minimum atomic E-state index is 0. The lowest BCUT2D eigenvalue weighted by molar-refractivity contribution is 0.115. The molecule has 136 valence electrons. The van der Waals surface area contributed by atoms with Crippen molar-refractivity contribution in [2.45, 2.75) is 19.4 Å². The zero-order chi connectivity index (χ0) is 16.7. The van der Waals surface area contributed by atoms with E-state index in [4.69, 9.17) is 9.47 Å². The van der Waals surface area contributed by atoms with E-state index in [2.05, 4.69) is 37.2 Å². The van der Waals surface area contributed by atoms with Crippen LogP contribution in [0.1, 0.15) is 18.4 Å². The molecule has 1 fully saturated rings. The van der Waals surface area contributed by atoms with Crippen LogP contribution in [0.4, 0.5) is 0 Å². The summed E-state index contributed by atoms with van der Waals surface area (Å²) in [7, 11) is 5.49. The lowest BCUT2D eigenvalue weighted by atomic mass is 10.2. The van der Waals surface area contributed by atoms with E-state index in [9.17, 15) is 0 Å². The molecule has 0 atom stereocenters. The maximum absolute atomic E-state index is 5.68. The Labute approximate surface area is 170 Å². The van der Waals surface area contributed by atoms with Gasteiger partial charge in [-0.25, -0.2) is 0 Å². The number of hydrogen-bond donors (Lipinski definition) is 1. The van der Waals surface area contributed by atoms with Gasteiger partial charge in [0.05, 0.1) is 18.2 Å². The van der Waals surface area contributed by atoms with E-state index < -0.39 is 0 Å². The molecule has 0 spiro atoms. The summed E-state index contributed by atoms with van der Waals surface area (Å²) >= 11 is 3.51. The molecule has 5 nitrogen and oxygen atoms in total. The highest BCUT2D eigenvalue weighted by Crippen LogP contribution is 2.28. The predicted octanol–water partition coefficient (Wildman–Crippen LogP) is 3.51. The van der Waals surface area contributed by atoms with Crippen LogP contribution in [0.15, 0.2) is 27.7 Å². The molecule has 0 saturated heterocycles. The van der Waals surface area contributed by atoms with Crippen molar-refractivity contribution in [2.24, 2.45) is 10.9 Å². The van der Waals surface area contributed by atoms with E-state index in [1.54, 1.807) is 14.2 Å². The lowest BCUT2D eigenvalue weighted by Gasteiger charge is -2.22. The van der Waals surface area contributed by atoms with Gasteiger partial charge in [0.2, 0.25) is 0 Å². The highest BCUT2D eigenvalue weighted by molar-refractivity contribution is 14.0. The van der Waals surface area contributed by atoms with Gasteiger partial charge < -0.3 is 19.7 Å². The van der Waals surface area contributed by atoms with Crippen LogP contribution in [-0.4, -0.2) is 51.8 Å². The third-order valence-corrected chi connectivity index (χ3v) is 4.48. The molecule has 1 aliphatic carbocycles. The van der Waals surface area contributed by atoms with Crippen molar-refractivity contribution in [3.05, 3.63) is 28.2 Å². The Morgan fingerprint density at radius 2 is 2.17 bits per heavy atom. The predicted molar refractivity (Wildman–Crippen MR) is 112 cm³/mol. The van der Waals surface area contributed by atoms with Crippen LogP contribution in [0.2, 0.25) is 0 Å². The fourth-order valence-corrected chi connectivity index (χ4v) is 2.82. The summed E-state index contributed by atoms with van der Waals surface area (Å²) in [5, 5.41) is 3.37. The molecule has 24 heavy (non-hydrogen) atoms. The summed E-state index contributed by atoms with van der Waals surface area (Å²) < 4.78 is 11.9. The Morgan fingerprint density at radius 1 is 1.42 bits per heavy atom. The van der Waals surface area contributed by atoms with E-state index in [-0.39, 0.29) is 24.0 Å². The average molecular weight is 512 g/mol. The first-order valence-electron chi connectivity index (χ1n) is 7.96. The van der Waals surface area contributed by atoms with Crippen LogP contribution in [-0.2, 0) is 11.3 Å². The van der Waals surface area contributed by atoms with Crippen molar-refractivity contribution in [3.8, 4) is 5.75 Å². The minimum absolute atomic E-state index is 0. The Balaban J connectivity index is 0.00000288. The first kappa shape index (κ1) is 21.5. The first-order chi connectivity index (χ1) is 11.1. The van der Waals surface area contributed by atoms with E-state index in [0.717, 1.165) is 47.4 Å². The number of benzene rings is 1. The second-order valence-corrected chi connectivity index (χ2v) is 6.66. The average Bonchev–Trinajstić information content (AvgIpc) is 3.36. The Hall–Kier alpha value is -0.540. The van der Waals surface area contributed by atoms with Crippen LogP contribution in [0.5, 0.6) is 5.75 Å². The number of nitrogens with one attached hydrogen (secondary N) is 1. The van der Waals surface area contributed by atoms with Crippen molar-refractivity contribution < 1.29 is 9.47 Å². The Bertz CT molecular complexity index is 539. The number of rotatable bonds is 8. The summed E-state index contributed by atoms with van der Waals surface area (Å²) in [5.74, 6) is 2.52. The summed E-state index contributed by atoms with van der Waals surface area (Å²) in [6.07, 6.45) is 2.66. The van der Waals surface area contributed by atoms with Gasteiger partial charge in [-0.3, -0.25) is 4.99 Å². The maximum atomic E-state index is 5.68. The largest absolute Gasteiger partial charge is 0.496 e. The molecule has 1 aromatic carbocycles. The van der Waals surface area contributed by atoms with Crippen LogP contribution in [0, 0.1) is 5.92 Å². The Morgan fingerprint density at radius 3 is 2.75 bits per heavy atom. The standard InChI is InChI=1S/C17H26BrN3O2.HI/c1-19-17(21(2)8-9-23-12-13-4-5-13)20-11-14-6-7-16(22-3)15(18)10-14;/h6-7,10,13H,4-5,8-9,11-12H2,1-3H3,(H,19,20);1H. The van der Waals surface area contributed by atoms with Gasteiger partial charge in [0, 0.05) is 33.8 Å². The van der Waals surface area contributed by atoms with Gasteiger partial charge in [-0.15, -0.1) is 24.0 Å². The van der Waals surface area contributed by atoms with Gasteiger partial charge in [-0.1, -0.05) is 6.07 Å². The lowest BCUT2D eigenvalue weighted by Crippen LogP contribution is -2.40. The van der Waals surface area contributed by atoms with E-state index >= 15 is 0 Å². The zero-order valence-corrected chi connectivity index (χ0v) is 18.5. The number of aliphatic imine (C=N–C) groups is 1. The van der Waals surface area contributed by atoms with Crippen molar-refractivity contribution in [1.82, 2.24) is 10.2 Å². The number of halogens is 2. The summed E-state index contributed by atoms with van der Waals surface area (Å²) in [4.78, 5) is 6.41. The molecule has 1 aliphatic rings. The summed E-state index contributed by atoms with van der Waals surface area (Å²) in [5.41, 5.74) is 1.16. The van der Waals surface area contributed by atoms with Crippen molar-refractivity contribution in [1.29, 1.82) is 0 Å². The molecule has 1 aromatic rings. The number of hydrogen-bond acceptors (Lipinski definition) is 3. The highest BCUT2D eigenvalue weighted by Gasteiger charge is 2.21. The SMILES string of the molecule is CN=C(NCc1ccc(OC)c(Br)c1)N(C)CCOCC1CC1.I. The third kappa shape index (κ3) is 7.14. The second kappa shape index (κ2) is 11.1. The van der Waals surface area contributed by atoms with E-state index in [1.165, 1.54) is 12.8 Å². The fraction of sp³-hybridized carbons (Fsp3) is 0.588. The molecule has 1 N–H and O–H groups in total. The molecule has 0 heterocycles. The van der Waals surface area contributed by atoms with Gasteiger partial charge in [-0.05, 0) is 52.4 Å². The van der Waals surface area contributed by atoms with Crippen molar-refractivity contribution in [3.63, 3.8) is 0 Å². The number of guanidine groups is 1. The van der Waals surface area contributed by atoms with Gasteiger partial charge in [0.25, 0.3) is 0 Å². The monoisotopic (exact) mass is 511 g/mol. The molecule has 1 saturated carbocycles. The highest BCUT2D eigenvalue weighted by atomic mass is 127. The first-order valence-corrected chi connectivity index (χ1v) is 8.75. The molecule has 0 aromatic heterocycles. The van der Waals surface area contributed by atoms with Crippen LogP contribution in [0.25, 0.3) is 0 Å². The smallest absolute Gasteiger partial charge is 0.193 e. The topological polar surface area (TPSA) is 46.1 Å². The second-order valence-electron chi connectivity index (χ2n) is 5.81. The van der Waals surface area contributed by atoms with Gasteiger partial charge >= 0.3 is 0 Å². The number of likely N-dealkylation sites (N-methyl/N-ethyl adjacent to an activating group) is 1. The molecule has 0 amide bonds. The molecule has 0 aliphatic heterocycles. The van der Waals surface area contributed by atoms with E-state index in [1.807, 2.05) is 19.2 Å². The van der Waals surface area contributed by atoms with E-state index in [0.29, 0.717) is 6.54 Å². The fourth-order valence-electron chi connectivity index (χ4n) is 2.23. The number of ether oxygens (including phenoxy) is 2. The minimum Gasteiger partial charge on any atom is -0.496 e. The summed E-state index contributed by atoms with van der Waals surface area (Å²) in [6.45, 7) is 3.18. The number of nitrogens with zero attached hydrogens (tertiary/aromatic N) is 2. The summed E-state index contributed by atoms with van der Waals surface area (Å²) in [6, 6.07) is 6.06. The zero-order valence-electron chi connectivity index (χ0n) is 14.5. The van der Waals surface area contributed by atoms with Crippen LogP contribution in [0.3, 0.4) is 0 Å². The van der Waals surface area contributed by atoms with Gasteiger partial charge in [0.1, 0.15) is 5.75 Å².